The van der Waals surface area contributed by atoms with Crippen molar-refractivity contribution in [3.8, 4) is 11.8 Å². The first-order valence-corrected chi connectivity index (χ1v) is 9.77. The molecule has 0 aliphatic carbocycles. The number of fused-ring (bicyclic) bond motifs is 2. The molecule has 0 N–H and O–H groups in total. The molecule has 6 nitrogen and oxygen atoms in total. The number of carbonyl (C=O) groups is 2. The van der Waals surface area contributed by atoms with Gasteiger partial charge in [0, 0.05) is 17.9 Å². The van der Waals surface area contributed by atoms with Crippen molar-refractivity contribution in [2.75, 3.05) is 12.1 Å². The molecule has 0 unspecified atom stereocenters. The zero-order valence-corrected chi connectivity index (χ0v) is 16.7. The lowest BCUT2D eigenvalue weighted by molar-refractivity contribution is 0.0887. The van der Waals surface area contributed by atoms with Crippen LogP contribution in [0.3, 0.4) is 0 Å². The normalized spacial score (nSPS) is 12.8. The molecule has 6 heteroatoms. The van der Waals surface area contributed by atoms with Crippen molar-refractivity contribution in [2.24, 2.45) is 0 Å². The average Bonchev–Trinajstić information content (AvgIpc) is 3.24. The molecule has 2 amide bonds. The Morgan fingerprint density at radius 3 is 2.16 bits per heavy atom. The molecular formula is C25H17N3O3. The van der Waals surface area contributed by atoms with E-state index in [1.165, 1.54) is 0 Å². The zero-order chi connectivity index (χ0) is 21.5. The number of rotatable bonds is 4. The van der Waals surface area contributed by atoms with E-state index < -0.39 is 11.8 Å². The molecule has 0 fully saturated rings. The fraction of sp³-hybridized carbons (Fsp3) is 0.0800. The van der Waals surface area contributed by atoms with Crippen molar-refractivity contribution in [2.45, 2.75) is 6.42 Å². The van der Waals surface area contributed by atoms with Crippen LogP contribution in [0.4, 0.5) is 0 Å². The van der Waals surface area contributed by atoms with E-state index in [9.17, 15) is 14.9 Å². The second kappa shape index (κ2) is 7.15. The van der Waals surface area contributed by atoms with E-state index in [1.54, 1.807) is 54.3 Å². The van der Waals surface area contributed by atoms with Crippen molar-refractivity contribution in [3.05, 3.63) is 101 Å². The predicted molar refractivity (Wildman–Crippen MR) is 116 cm³/mol. The fourth-order valence-corrected chi connectivity index (χ4v) is 4.10. The largest absolute Gasteiger partial charge is 0.497 e. The second-order valence-electron chi connectivity index (χ2n) is 7.26. The molecule has 0 atom stereocenters. The molecule has 1 aliphatic heterocycles. The van der Waals surface area contributed by atoms with Crippen LogP contribution in [0.25, 0.3) is 10.9 Å². The van der Waals surface area contributed by atoms with Gasteiger partial charge in [-0.1, -0.05) is 42.5 Å². The van der Waals surface area contributed by atoms with Gasteiger partial charge >= 0.3 is 0 Å². The lowest BCUT2D eigenvalue weighted by Gasteiger charge is -2.20. The van der Waals surface area contributed by atoms with Gasteiger partial charge in [0.05, 0.1) is 35.0 Å². The van der Waals surface area contributed by atoms with Crippen molar-refractivity contribution in [3.63, 3.8) is 0 Å². The first-order chi connectivity index (χ1) is 15.1. The summed E-state index contributed by atoms with van der Waals surface area (Å²) < 4.78 is 6.95. The van der Waals surface area contributed by atoms with E-state index in [2.05, 4.69) is 6.07 Å². The molecule has 2 heterocycles. The number of aromatic nitrogens is 1. The summed E-state index contributed by atoms with van der Waals surface area (Å²) in [4.78, 5) is 26.6. The quantitative estimate of drug-likeness (QED) is 0.479. The van der Waals surface area contributed by atoms with Gasteiger partial charge in [0.1, 0.15) is 11.8 Å². The van der Waals surface area contributed by atoms with Gasteiger partial charge in [-0.15, -0.1) is 0 Å². The minimum Gasteiger partial charge on any atom is -0.497 e. The Hall–Kier alpha value is -4.37. The van der Waals surface area contributed by atoms with E-state index in [4.69, 9.17) is 4.74 Å². The van der Waals surface area contributed by atoms with Crippen molar-refractivity contribution >= 4 is 22.7 Å². The molecular weight excluding hydrogens is 390 g/mol. The highest BCUT2D eigenvalue weighted by Gasteiger charge is 2.39. The van der Waals surface area contributed by atoms with Gasteiger partial charge in [0.2, 0.25) is 0 Å². The molecule has 0 saturated heterocycles. The van der Waals surface area contributed by atoms with Crippen LogP contribution < -0.4 is 9.75 Å². The van der Waals surface area contributed by atoms with Crippen LogP contribution in [0.5, 0.6) is 5.75 Å². The summed E-state index contributed by atoms with van der Waals surface area (Å²) >= 11 is 0. The van der Waals surface area contributed by atoms with Gasteiger partial charge in [0.15, 0.2) is 0 Å². The van der Waals surface area contributed by atoms with E-state index in [0.29, 0.717) is 45.5 Å². The molecule has 5 rings (SSSR count). The molecule has 1 aromatic heterocycles. The Morgan fingerprint density at radius 2 is 1.55 bits per heavy atom. The molecule has 0 spiro atoms. The van der Waals surface area contributed by atoms with Crippen molar-refractivity contribution < 1.29 is 14.3 Å². The van der Waals surface area contributed by atoms with Gasteiger partial charge < -0.3 is 4.74 Å². The molecule has 150 valence electrons. The summed E-state index contributed by atoms with van der Waals surface area (Å²) in [5, 5.41) is 11.8. The molecule has 3 aromatic carbocycles. The topological polar surface area (TPSA) is 75.3 Å². The maximum Gasteiger partial charge on any atom is 0.281 e. The number of ether oxygens (including phenoxy) is 1. The number of methoxy groups -OCH3 is 1. The number of imide groups is 1. The molecule has 31 heavy (non-hydrogen) atoms. The average molecular weight is 407 g/mol. The van der Waals surface area contributed by atoms with E-state index in [1.807, 2.05) is 30.3 Å². The lowest BCUT2D eigenvalue weighted by Crippen LogP contribution is -2.41. The van der Waals surface area contributed by atoms with Gasteiger partial charge in [-0.05, 0) is 29.8 Å². The SMILES string of the molecule is COc1ccc2c(C#N)c(Cc3ccccc3)n(N3C(=O)c4ccccc4C3=O)c2c1. The molecule has 4 aromatic rings. The number of nitriles is 1. The minimum atomic E-state index is -0.417. The maximum absolute atomic E-state index is 13.3. The van der Waals surface area contributed by atoms with Crippen LogP contribution in [-0.2, 0) is 6.42 Å². The Kier molecular flexibility index (Phi) is 4.30. The Morgan fingerprint density at radius 1 is 0.903 bits per heavy atom. The lowest BCUT2D eigenvalue weighted by atomic mass is 10.1. The number of carbonyl (C=O) groups excluding carboxylic acids is 2. The molecule has 1 aliphatic rings. The monoisotopic (exact) mass is 407 g/mol. The van der Waals surface area contributed by atoms with Gasteiger partial charge in [-0.25, -0.2) is 4.68 Å². The van der Waals surface area contributed by atoms with Crippen LogP contribution >= 0.6 is 0 Å². The standard InChI is InChI=1S/C25H17N3O3/c1-31-17-11-12-18-21(15-26)22(13-16-7-3-2-4-8-16)27(23(18)14-17)28-24(29)19-9-5-6-10-20(19)25(28)30/h2-12,14H,13H2,1H3. The van der Waals surface area contributed by atoms with Crippen LogP contribution in [0.2, 0.25) is 0 Å². The van der Waals surface area contributed by atoms with Gasteiger partial charge in [-0.3, -0.25) is 9.59 Å². The Bertz CT molecular complexity index is 1360. The predicted octanol–water partition coefficient (Wildman–Crippen LogP) is 4.04. The second-order valence-corrected chi connectivity index (χ2v) is 7.26. The van der Waals surface area contributed by atoms with Gasteiger partial charge in [-0.2, -0.15) is 10.3 Å². The number of nitrogens with zero attached hydrogens (tertiary/aromatic N) is 3. The van der Waals surface area contributed by atoms with Crippen LogP contribution in [0.15, 0.2) is 72.8 Å². The smallest absolute Gasteiger partial charge is 0.281 e. The number of hydrogen-bond donors (Lipinski definition) is 0. The van der Waals surface area contributed by atoms with Gasteiger partial charge in [0.25, 0.3) is 11.8 Å². The van der Waals surface area contributed by atoms with E-state index in [0.717, 1.165) is 10.6 Å². The number of benzene rings is 3. The minimum absolute atomic E-state index is 0.349. The zero-order valence-electron chi connectivity index (χ0n) is 16.7. The van der Waals surface area contributed by atoms with Crippen molar-refractivity contribution in [1.82, 2.24) is 4.68 Å². The first kappa shape index (κ1) is 18.6. The summed E-state index contributed by atoms with van der Waals surface area (Å²) in [6.07, 6.45) is 0.383. The summed E-state index contributed by atoms with van der Waals surface area (Å²) in [7, 11) is 1.55. The summed E-state index contributed by atoms with van der Waals surface area (Å²) in [5.74, 6) is -0.267. The van der Waals surface area contributed by atoms with E-state index in [-0.39, 0.29) is 0 Å². The van der Waals surface area contributed by atoms with Crippen molar-refractivity contribution in [1.29, 1.82) is 5.26 Å². The molecule has 0 saturated carbocycles. The van der Waals surface area contributed by atoms with E-state index >= 15 is 0 Å². The summed E-state index contributed by atoms with van der Waals surface area (Å²) in [5.41, 5.74) is 3.23. The Balaban J connectivity index is 1.80. The first-order valence-electron chi connectivity index (χ1n) is 9.77. The summed E-state index contributed by atoms with van der Waals surface area (Å²) in [6.45, 7) is 0. The number of amides is 2. The highest BCUT2D eigenvalue weighted by Crippen LogP contribution is 2.33. The third kappa shape index (κ3) is 2.79. The van der Waals surface area contributed by atoms with Crippen LogP contribution in [-0.4, -0.2) is 23.6 Å². The molecule has 0 radical (unpaired) electrons. The highest BCUT2D eigenvalue weighted by molar-refractivity contribution is 6.31. The molecule has 0 bridgehead atoms. The van der Waals surface area contributed by atoms with Crippen LogP contribution in [0, 0.1) is 11.3 Å². The Labute approximate surface area is 178 Å². The highest BCUT2D eigenvalue weighted by atomic mass is 16.5. The fourth-order valence-electron chi connectivity index (χ4n) is 4.10. The number of hydrogen-bond acceptors (Lipinski definition) is 4. The third-order valence-electron chi connectivity index (χ3n) is 5.55. The maximum atomic E-state index is 13.3. The third-order valence-corrected chi connectivity index (χ3v) is 5.55. The van der Waals surface area contributed by atoms with Crippen LogP contribution in [0.1, 0.15) is 37.5 Å². The summed E-state index contributed by atoms with van der Waals surface area (Å²) in [6, 6.07) is 24.0.